The Morgan fingerprint density at radius 2 is 1.66 bits per heavy atom. The number of aliphatic hydroxyl groups is 1. The van der Waals surface area contributed by atoms with E-state index in [1.54, 1.807) is 59.7 Å². The average molecular weight is 479 g/mol. The predicted molar refractivity (Wildman–Crippen MR) is 112 cm³/mol. The maximum absolute atomic E-state index is 11.5. The van der Waals surface area contributed by atoms with Crippen molar-refractivity contribution in [2.45, 2.75) is 18.6 Å². The van der Waals surface area contributed by atoms with Crippen LogP contribution in [0.3, 0.4) is 0 Å². The first-order valence-corrected chi connectivity index (χ1v) is 9.53. The third kappa shape index (κ3) is 6.76. The van der Waals surface area contributed by atoms with Gasteiger partial charge in [-0.15, -0.1) is 10.1 Å². The molecule has 2 N–H and O–H groups in total. The lowest BCUT2D eigenvalue weighted by molar-refractivity contribution is -0.742. The first-order valence-electron chi connectivity index (χ1n) is 8.01. The lowest BCUT2D eigenvalue weighted by Crippen LogP contribution is -2.34. The molecule has 29 heavy (non-hydrogen) atoms. The Bertz CT molecular complexity index is 981. The van der Waals surface area contributed by atoms with E-state index in [4.69, 9.17) is 61.7 Å². The molecular formula is C18H15Cl4N3O4. The number of halogens is 4. The number of nitrogens with zero attached hydrogens (tertiary/aromatic N) is 3. The predicted octanol–water partition coefficient (Wildman–Crippen LogP) is 5.28. The summed E-state index contributed by atoms with van der Waals surface area (Å²) < 4.78 is 1.79. The molecule has 0 aliphatic carbocycles. The minimum atomic E-state index is -1.50. The zero-order chi connectivity index (χ0) is 21.6. The topological polar surface area (TPSA) is 101 Å². The second-order valence-electron chi connectivity index (χ2n) is 6.04. The SMILES string of the molecule is O=[N+]([O-])O.OC(Cc1ccc(Cl)cc1Cl)(Cn1ccnc1)c1ccc(Cl)cc1Cl. The molecule has 0 saturated heterocycles. The lowest BCUT2D eigenvalue weighted by Gasteiger charge is -2.30. The van der Waals surface area contributed by atoms with E-state index in [1.165, 1.54) is 0 Å². The van der Waals surface area contributed by atoms with Gasteiger partial charge in [0, 0.05) is 44.5 Å². The normalized spacial score (nSPS) is 12.6. The highest BCUT2D eigenvalue weighted by Crippen LogP contribution is 2.36. The molecule has 1 aromatic heterocycles. The summed E-state index contributed by atoms with van der Waals surface area (Å²) in [5.74, 6) is 0. The van der Waals surface area contributed by atoms with Gasteiger partial charge >= 0.3 is 0 Å². The number of rotatable bonds is 5. The number of hydrogen-bond acceptors (Lipinski definition) is 4. The molecule has 2 aromatic carbocycles. The maximum Gasteiger partial charge on any atom is 0.291 e. The van der Waals surface area contributed by atoms with E-state index >= 15 is 0 Å². The van der Waals surface area contributed by atoms with Gasteiger partial charge < -0.3 is 14.9 Å². The number of aromatic nitrogens is 2. The monoisotopic (exact) mass is 477 g/mol. The molecule has 1 heterocycles. The molecule has 0 radical (unpaired) electrons. The third-order valence-corrected chi connectivity index (χ3v) is 5.07. The van der Waals surface area contributed by atoms with Crippen LogP contribution < -0.4 is 0 Å². The second-order valence-corrected chi connectivity index (χ2v) is 7.73. The van der Waals surface area contributed by atoms with E-state index in [0.29, 0.717) is 25.7 Å². The summed E-state index contributed by atoms with van der Waals surface area (Å²) in [4.78, 5) is 12.4. The number of benzene rings is 2. The van der Waals surface area contributed by atoms with Gasteiger partial charge in [-0.1, -0.05) is 58.5 Å². The van der Waals surface area contributed by atoms with Gasteiger partial charge in [-0.05, 0) is 29.8 Å². The van der Waals surface area contributed by atoms with Crippen molar-refractivity contribution in [2.24, 2.45) is 0 Å². The van der Waals surface area contributed by atoms with Crippen LogP contribution in [0.2, 0.25) is 20.1 Å². The highest BCUT2D eigenvalue weighted by Gasteiger charge is 2.33. The first-order chi connectivity index (χ1) is 13.6. The summed E-state index contributed by atoms with van der Waals surface area (Å²) >= 11 is 24.6. The summed E-state index contributed by atoms with van der Waals surface area (Å²) in [7, 11) is 0. The zero-order valence-electron chi connectivity index (χ0n) is 14.7. The van der Waals surface area contributed by atoms with E-state index in [0.717, 1.165) is 5.56 Å². The Morgan fingerprint density at radius 3 is 2.17 bits per heavy atom. The van der Waals surface area contributed by atoms with E-state index in [2.05, 4.69) is 4.98 Å². The summed E-state index contributed by atoms with van der Waals surface area (Å²) in [6.07, 6.45) is 5.32. The molecule has 1 unspecified atom stereocenters. The van der Waals surface area contributed by atoms with Crippen LogP contribution in [-0.4, -0.2) is 25.0 Å². The van der Waals surface area contributed by atoms with Crippen molar-refractivity contribution in [2.75, 3.05) is 0 Å². The molecule has 3 aromatic rings. The summed E-state index contributed by atoms with van der Waals surface area (Å²) in [5.41, 5.74) is 0.0258. The Labute approximate surface area is 186 Å². The molecule has 0 fully saturated rings. The van der Waals surface area contributed by atoms with Crippen molar-refractivity contribution in [1.29, 1.82) is 0 Å². The Morgan fingerprint density at radius 1 is 1.07 bits per heavy atom. The maximum atomic E-state index is 11.5. The van der Waals surface area contributed by atoms with Gasteiger partial charge in [0.1, 0.15) is 5.60 Å². The van der Waals surface area contributed by atoms with Crippen LogP contribution in [-0.2, 0) is 18.6 Å². The molecule has 7 nitrogen and oxygen atoms in total. The Kier molecular flexibility index (Phi) is 8.13. The Hall–Kier alpha value is -2.03. The minimum Gasteiger partial charge on any atom is -0.383 e. The molecule has 0 spiro atoms. The molecule has 0 aliphatic rings. The standard InChI is InChI=1S/C18H14Cl4N2O.HNO3/c19-13-2-1-12(16(21)7-13)9-18(25,10-24-6-5-23-11-24)15-4-3-14(20)8-17(15)22;2-1(3)4/h1-8,11,25H,9-10H2;(H,2,3,4). The summed E-state index contributed by atoms with van der Waals surface area (Å²) in [6.45, 7) is 0.257. The van der Waals surface area contributed by atoms with Crippen LogP contribution >= 0.6 is 46.4 Å². The molecule has 154 valence electrons. The minimum absolute atomic E-state index is 0.253. The van der Waals surface area contributed by atoms with Gasteiger partial charge in [0.25, 0.3) is 5.09 Å². The van der Waals surface area contributed by atoms with Crippen LogP contribution in [0, 0.1) is 10.1 Å². The van der Waals surface area contributed by atoms with E-state index in [9.17, 15) is 5.11 Å². The highest BCUT2D eigenvalue weighted by atomic mass is 35.5. The fourth-order valence-corrected chi connectivity index (χ4v) is 3.83. The van der Waals surface area contributed by atoms with Crippen LogP contribution in [0.4, 0.5) is 0 Å². The second kappa shape index (κ2) is 10.1. The molecule has 0 amide bonds. The number of imidazole rings is 1. The van der Waals surface area contributed by atoms with Gasteiger partial charge in [-0.25, -0.2) is 4.98 Å². The van der Waals surface area contributed by atoms with Crippen LogP contribution in [0.25, 0.3) is 0 Å². The quantitative estimate of drug-likeness (QED) is 0.383. The molecule has 0 saturated carbocycles. The summed E-state index contributed by atoms with van der Waals surface area (Å²) in [5, 5.41) is 27.1. The average Bonchev–Trinajstić information content (AvgIpc) is 3.09. The smallest absolute Gasteiger partial charge is 0.291 e. The third-order valence-electron chi connectivity index (χ3n) is 3.93. The van der Waals surface area contributed by atoms with Gasteiger partial charge in [0.2, 0.25) is 0 Å². The van der Waals surface area contributed by atoms with Crippen LogP contribution in [0.15, 0.2) is 55.1 Å². The van der Waals surface area contributed by atoms with E-state index < -0.39 is 10.7 Å². The van der Waals surface area contributed by atoms with Gasteiger partial charge in [0.15, 0.2) is 0 Å². The molecule has 3 rings (SSSR count). The van der Waals surface area contributed by atoms with Crippen molar-refractivity contribution in [3.63, 3.8) is 0 Å². The number of hydrogen-bond donors (Lipinski definition) is 2. The first kappa shape index (κ1) is 23.3. The van der Waals surface area contributed by atoms with Crippen molar-refractivity contribution < 1.29 is 15.4 Å². The largest absolute Gasteiger partial charge is 0.383 e. The molecule has 1 atom stereocenters. The zero-order valence-corrected chi connectivity index (χ0v) is 17.7. The molecule has 11 heteroatoms. The fourth-order valence-electron chi connectivity index (χ4n) is 2.77. The Balaban J connectivity index is 0.000000687. The van der Waals surface area contributed by atoms with Gasteiger partial charge in [0.05, 0.1) is 12.9 Å². The van der Waals surface area contributed by atoms with Crippen molar-refractivity contribution in [1.82, 2.24) is 9.55 Å². The van der Waals surface area contributed by atoms with Crippen LogP contribution in [0.1, 0.15) is 11.1 Å². The lowest BCUT2D eigenvalue weighted by atomic mass is 9.87. The van der Waals surface area contributed by atoms with Crippen molar-refractivity contribution >= 4 is 46.4 Å². The fraction of sp³-hybridized carbons (Fsp3) is 0.167. The van der Waals surface area contributed by atoms with Gasteiger partial charge in [-0.3, -0.25) is 0 Å². The molecule has 0 aliphatic heterocycles. The molecule has 0 bridgehead atoms. The van der Waals surface area contributed by atoms with Gasteiger partial charge in [-0.2, -0.15) is 0 Å². The van der Waals surface area contributed by atoms with E-state index in [1.807, 2.05) is 0 Å². The van der Waals surface area contributed by atoms with Crippen LogP contribution in [0.5, 0.6) is 0 Å². The van der Waals surface area contributed by atoms with Crippen molar-refractivity contribution in [3.8, 4) is 0 Å². The highest BCUT2D eigenvalue weighted by molar-refractivity contribution is 6.35. The molecular weight excluding hydrogens is 464 g/mol. The van der Waals surface area contributed by atoms with E-state index in [-0.39, 0.29) is 13.0 Å². The van der Waals surface area contributed by atoms with Crippen molar-refractivity contribution in [3.05, 3.63) is 96.5 Å². The summed E-state index contributed by atoms with van der Waals surface area (Å²) in [6, 6.07) is 10.2.